The molecular weight excluding hydrogens is 364 g/mol. The van der Waals surface area contributed by atoms with Crippen LogP contribution >= 0.6 is 0 Å². The lowest BCUT2D eigenvalue weighted by Gasteiger charge is -2.21. The Morgan fingerprint density at radius 3 is 2.45 bits per heavy atom. The van der Waals surface area contributed by atoms with Crippen LogP contribution in [0.2, 0.25) is 0 Å². The van der Waals surface area contributed by atoms with E-state index in [1.807, 2.05) is 42.5 Å². The first-order chi connectivity index (χ1) is 13.8. The molecule has 1 fully saturated rings. The highest BCUT2D eigenvalue weighted by Gasteiger charge is 2.21. The van der Waals surface area contributed by atoms with Gasteiger partial charge in [0.15, 0.2) is 0 Å². The van der Waals surface area contributed by atoms with Gasteiger partial charge in [0.1, 0.15) is 5.75 Å². The number of hydrogen-bond acceptors (Lipinski definition) is 3. The Morgan fingerprint density at radius 2 is 1.86 bits per heavy atom. The highest BCUT2D eigenvalue weighted by Crippen LogP contribution is 2.31. The van der Waals surface area contributed by atoms with Crippen molar-refractivity contribution in [2.75, 3.05) is 23.9 Å². The first kappa shape index (κ1) is 20.6. The SMILES string of the molecule is COc1ccc(C(C)(C)C)cc1NC(=O)/C=C/c1ccc(N2CCCC2=O)cc1. The molecule has 1 saturated heterocycles. The molecule has 2 amide bonds. The summed E-state index contributed by atoms with van der Waals surface area (Å²) in [5.74, 6) is 0.562. The van der Waals surface area contributed by atoms with Crippen molar-refractivity contribution in [3.8, 4) is 5.75 Å². The van der Waals surface area contributed by atoms with Crippen LogP contribution in [0.3, 0.4) is 0 Å². The fourth-order valence-corrected chi connectivity index (χ4v) is 3.31. The number of nitrogens with one attached hydrogen (secondary N) is 1. The van der Waals surface area contributed by atoms with Crippen LogP contribution in [0.4, 0.5) is 11.4 Å². The molecule has 2 aromatic rings. The zero-order valence-electron chi connectivity index (χ0n) is 17.5. The Hall–Kier alpha value is -3.08. The Kier molecular flexibility index (Phi) is 6.06. The highest BCUT2D eigenvalue weighted by molar-refractivity contribution is 6.03. The van der Waals surface area contributed by atoms with E-state index in [2.05, 4.69) is 26.1 Å². The lowest BCUT2D eigenvalue weighted by molar-refractivity contribution is -0.117. The van der Waals surface area contributed by atoms with Gasteiger partial charge in [-0.25, -0.2) is 0 Å². The minimum Gasteiger partial charge on any atom is -0.495 e. The third kappa shape index (κ3) is 5.05. The maximum Gasteiger partial charge on any atom is 0.248 e. The lowest BCUT2D eigenvalue weighted by Crippen LogP contribution is -2.23. The summed E-state index contributed by atoms with van der Waals surface area (Å²) >= 11 is 0. The Bertz CT molecular complexity index is 924. The summed E-state index contributed by atoms with van der Waals surface area (Å²) in [5.41, 5.74) is 3.53. The molecule has 2 aromatic carbocycles. The van der Waals surface area contributed by atoms with Gasteiger partial charge >= 0.3 is 0 Å². The molecule has 1 N–H and O–H groups in total. The van der Waals surface area contributed by atoms with E-state index in [-0.39, 0.29) is 17.2 Å². The van der Waals surface area contributed by atoms with Crippen molar-refractivity contribution in [3.63, 3.8) is 0 Å². The standard InChI is InChI=1S/C24H28N2O3/c1-24(2,3)18-10-13-21(29-4)20(16-18)25-22(27)14-9-17-7-11-19(12-8-17)26-15-5-6-23(26)28/h7-14,16H,5-6,15H2,1-4H3,(H,25,27)/b14-9+. The molecule has 0 atom stereocenters. The summed E-state index contributed by atoms with van der Waals surface area (Å²) in [4.78, 5) is 26.1. The molecule has 0 aromatic heterocycles. The highest BCUT2D eigenvalue weighted by atomic mass is 16.5. The molecule has 0 saturated carbocycles. The molecule has 1 aliphatic heterocycles. The Morgan fingerprint density at radius 1 is 1.14 bits per heavy atom. The zero-order chi connectivity index (χ0) is 21.0. The zero-order valence-corrected chi connectivity index (χ0v) is 17.5. The minimum absolute atomic E-state index is 0.0277. The van der Waals surface area contributed by atoms with E-state index >= 15 is 0 Å². The van der Waals surface area contributed by atoms with Crippen LogP contribution in [0, 0.1) is 0 Å². The van der Waals surface area contributed by atoms with Crippen LogP contribution in [0.15, 0.2) is 48.5 Å². The number of anilines is 2. The van der Waals surface area contributed by atoms with Crippen molar-refractivity contribution < 1.29 is 14.3 Å². The van der Waals surface area contributed by atoms with Crippen molar-refractivity contribution in [1.82, 2.24) is 0 Å². The molecule has 5 heteroatoms. The van der Waals surface area contributed by atoms with E-state index in [1.165, 1.54) is 6.08 Å². The van der Waals surface area contributed by atoms with Gasteiger partial charge in [0, 0.05) is 24.7 Å². The second-order valence-electron chi connectivity index (χ2n) is 8.23. The number of nitrogens with zero attached hydrogens (tertiary/aromatic N) is 1. The first-order valence-corrected chi connectivity index (χ1v) is 9.86. The van der Waals surface area contributed by atoms with Gasteiger partial charge < -0.3 is 15.0 Å². The summed E-state index contributed by atoms with van der Waals surface area (Å²) in [5, 5.41) is 2.90. The van der Waals surface area contributed by atoms with E-state index in [9.17, 15) is 9.59 Å². The number of hydrogen-bond donors (Lipinski definition) is 1. The number of rotatable bonds is 5. The number of ether oxygens (including phenoxy) is 1. The number of benzene rings is 2. The van der Waals surface area contributed by atoms with Crippen LogP contribution in [0.1, 0.15) is 44.7 Å². The molecule has 1 heterocycles. The predicted molar refractivity (Wildman–Crippen MR) is 117 cm³/mol. The molecule has 0 aliphatic carbocycles. The first-order valence-electron chi connectivity index (χ1n) is 9.86. The third-order valence-electron chi connectivity index (χ3n) is 5.03. The van der Waals surface area contributed by atoms with Crippen LogP contribution in [-0.4, -0.2) is 25.5 Å². The van der Waals surface area contributed by atoms with Gasteiger partial charge in [0.25, 0.3) is 0 Å². The van der Waals surface area contributed by atoms with Crippen molar-refractivity contribution in [3.05, 3.63) is 59.7 Å². The fourth-order valence-electron chi connectivity index (χ4n) is 3.31. The summed E-state index contributed by atoms with van der Waals surface area (Å²) in [6.07, 6.45) is 4.77. The molecule has 0 radical (unpaired) electrons. The summed E-state index contributed by atoms with van der Waals surface area (Å²) < 4.78 is 5.38. The van der Waals surface area contributed by atoms with Crippen molar-refractivity contribution in [2.24, 2.45) is 0 Å². The topological polar surface area (TPSA) is 58.6 Å². The molecular formula is C24H28N2O3. The quantitative estimate of drug-likeness (QED) is 0.746. The Balaban J connectivity index is 1.69. The molecule has 29 heavy (non-hydrogen) atoms. The van der Waals surface area contributed by atoms with Crippen LogP contribution in [0.25, 0.3) is 6.08 Å². The van der Waals surface area contributed by atoms with Gasteiger partial charge in [-0.3, -0.25) is 9.59 Å². The maximum absolute atomic E-state index is 12.4. The largest absolute Gasteiger partial charge is 0.495 e. The molecule has 3 rings (SSSR count). The molecule has 0 spiro atoms. The Labute approximate surface area is 172 Å². The number of carbonyl (C=O) groups is 2. The van der Waals surface area contributed by atoms with Crippen LogP contribution in [0.5, 0.6) is 5.75 Å². The van der Waals surface area contributed by atoms with Gasteiger partial charge in [-0.05, 0) is 53.3 Å². The van der Waals surface area contributed by atoms with Gasteiger partial charge in [-0.1, -0.05) is 39.0 Å². The van der Waals surface area contributed by atoms with Gasteiger partial charge in [-0.2, -0.15) is 0 Å². The van der Waals surface area contributed by atoms with Gasteiger partial charge in [0.2, 0.25) is 11.8 Å². The molecule has 5 nitrogen and oxygen atoms in total. The van der Waals surface area contributed by atoms with Crippen molar-refractivity contribution in [2.45, 2.75) is 39.0 Å². The lowest BCUT2D eigenvalue weighted by atomic mass is 9.87. The predicted octanol–water partition coefficient (Wildman–Crippen LogP) is 4.77. The fraction of sp³-hybridized carbons (Fsp3) is 0.333. The average Bonchev–Trinajstić information content (AvgIpc) is 3.12. The normalized spacial score (nSPS) is 14.5. The molecule has 0 bridgehead atoms. The summed E-state index contributed by atoms with van der Waals surface area (Å²) in [6.45, 7) is 7.14. The van der Waals surface area contributed by atoms with Gasteiger partial charge in [0.05, 0.1) is 12.8 Å². The van der Waals surface area contributed by atoms with E-state index in [1.54, 1.807) is 18.1 Å². The monoisotopic (exact) mass is 392 g/mol. The van der Waals surface area contributed by atoms with E-state index in [0.29, 0.717) is 17.9 Å². The second kappa shape index (κ2) is 8.52. The molecule has 152 valence electrons. The van der Waals surface area contributed by atoms with Gasteiger partial charge in [-0.15, -0.1) is 0 Å². The number of amides is 2. The number of methoxy groups -OCH3 is 1. The maximum atomic E-state index is 12.4. The molecule has 1 aliphatic rings. The van der Waals surface area contributed by atoms with E-state index in [0.717, 1.165) is 29.8 Å². The minimum atomic E-state index is -0.229. The smallest absolute Gasteiger partial charge is 0.248 e. The molecule has 0 unspecified atom stereocenters. The summed E-state index contributed by atoms with van der Waals surface area (Å²) in [7, 11) is 1.59. The average molecular weight is 392 g/mol. The van der Waals surface area contributed by atoms with E-state index in [4.69, 9.17) is 4.74 Å². The second-order valence-corrected chi connectivity index (χ2v) is 8.23. The van der Waals surface area contributed by atoms with Crippen LogP contribution in [-0.2, 0) is 15.0 Å². The van der Waals surface area contributed by atoms with Crippen molar-refractivity contribution in [1.29, 1.82) is 0 Å². The van der Waals surface area contributed by atoms with E-state index < -0.39 is 0 Å². The summed E-state index contributed by atoms with van der Waals surface area (Å²) in [6, 6.07) is 13.5. The van der Waals surface area contributed by atoms with Crippen LogP contribution < -0.4 is 15.0 Å². The number of carbonyl (C=O) groups excluding carboxylic acids is 2. The van der Waals surface area contributed by atoms with Crippen molar-refractivity contribution >= 4 is 29.3 Å². The third-order valence-corrected chi connectivity index (χ3v) is 5.03.